The summed E-state index contributed by atoms with van der Waals surface area (Å²) >= 11 is 0. The molecule has 0 fully saturated rings. The standard InChI is InChI=1S/C15H11N3O7/c1-8-4-14(19)9(2)3-13(8)16-25-15(20)10-5-11(17(21)22)7-12(6-10)18(23)24/h3-7H,1-2H3/b16-13-. The van der Waals surface area contributed by atoms with Gasteiger partial charge in [-0.05, 0) is 37.1 Å². The predicted octanol–water partition coefficient (Wildman–Crippen LogP) is 2.49. The summed E-state index contributed by atoms with van der Waals surface area (Å²) < 4.78 is 0. The Balaban J connectivity index is 2.31. The average molecular weight is 345 g/mol. The van der Waals surface area contributed by atoms with E-state index in [0.717, 1.165) is 18.2 Å². The fourth-order valence-corrected chi connectivity index (χ4v) is 1.94. The normalized spacial score (nSPS) is 15.4. The van der Waals surface area contributed by atoms with E-state index in [-0.39, 0.29) is 17.1 Å². The van der Waals surface area contributed by atoms with Crippen LogP contribution in [0.5, 0.6) is 0 Å². The number of nitro benzene ring substituents is 2. The second-order valence-corrected chi connectivity index (χ2v) is 5.13. The Morgan fingerprint density at radius 1 is 1.00 bits per heavy atom. The molecule has 0 aliphatic heterocycles. The highest BCUT2D eigenvalue weighted by Gasteiger charge is 2.21. The maximum absolute atomic E-state index is 12.0. The van der Waals surface area contributed by atoms with Crippen LogP contribution in [0, 0.1) is 20.2 Å². The zero-order valence-electron chi connectivity index (χ0n) is 13.1. The number of benzene rings is 1. The highest BCUT2D eigenvalue weighted by atomic mass is 16.7. The summed E-state index contributed by atoms with van der Waals surface area (Å²) in [5.41, 5.74) is -0.544. The summed E-state index contributed by atoms with van der Waals surface area (Å²) in [5.74, 6) is -1.30. The minimum Gasteiger partial charge on any atom is -0.312 e. The van der Waals surface area contributed by atoms with E-state index in [9.17, 15) is 29.8 Å². The molecule has 0 radical (unpaired) electrons. The van der Waals surface area contributed by atoms with Gasteiger partial charge in [0.05, 0.1) is 21.5 Å². The van der Waals surface area contributed by atoms with Crippen LogP contribution < -0.4 is 0 Å². The number of hydrogen-bond acceptors (Lipinski definition) is 8. The van der Waals surface area contributed by atoms with Crippen molar-refractivity contribution in [2.75, 3.05) is 0 Å². The van der Waals surface area contributed by atoms with Gasteiger partial charge in [0, 0.05) is 12.1 Å². The molecule has 0 heterocycles. The van der Waals surface area contributed by atoms with Gasteiger partial charge in [-0.15, -0.1) is 0 Å². The first kappa shape index (κ1) is 17.7. The van der Waals surface area contributed by atoms with Crippen LogP contribution in [0.4, 0.5) is 11.4 Å². The first-order valence-corrected chi connectivity index (χ1v) is 6.83. The first-order valence-electron chi connectivity index (χ1n) is 6.83. The zero-order valence-corrected chi connectivity index (χ0v) is 13.1. The van der Waals surface area contributed by atoms with Crippen LogP contribution in [0.25, 0.3) is 0 Å². The van der Waals surface area contributed by atoms with Gasteiger partial charge in [0.1, 0.15) is 5.71 Å². The summed E-state index contributed by atoms with van der Waals surface area (Å²) in [7, 11) is 0. The van der Waals surface area contributed by atoms with Crippen molar-refractivity contribution in [3.05, 3.63) is 67.3 Å². The van der Waals surface area contributed by atoms with Crippen LogP contribution in [0.1, 0.15) is 24.2 Å². The Labute approximate surface area is 140 Å². The molecule has 0 bridgehead atoms. The third-order valence-electron chi connectivity index (χ3n) is 3.28. The molecule has 0 saturated carbocycles. The average Bonchev–Trinajstić information content (AvgIpc) is 2.56. The van der Waals surface area contributed by atoms with Crippen LogP contribution >= 0.6 is 0 Å². The molecular formula is C15H11N3O7. The maximum Gasteiger partial charge on any atom is 0.366 e. The minimum absolute atomic E-state index is 0.197. The molecule has 10 heteroatoms. The highest BCUT2D eigenvalue weighted by Crippen LogP contribution is 2.23. The minimum atomic E-state index is -1.10. The fourth-order valence-electron chi connectivity index (χ4n) is 1.94. The Hall–Kier alpha value is -3.69. The van der Waals surface area contributed by atoms with Crippen LogP contribution in [0.3, 0.4) is 0 Å². The lowest BCUT2D eigenvalue weighted by Crippen LogP contribution is -2.12. The van der Waals surface area contributed by atoms with Crippen molar-refractivity contribution in [1.82, 2.24) is 0 Å². The van der Waals surface area contributed by atoms with Crippen molar-refractivity contribution in [2.45, 2.75) is 13.8 Å². The number of rotatable bonds is 4. The number of non-ortho nitro benzene ring substituents is 2. The van der Waals surface area contributed by atoms with Crippen molar-refractivity contribution >= 4 is 28.8 Å². The molecule has 0 aromatic heterocycles. The van der Waals surface area contributed by atoms with E-state index in [0.29, 0.717) is 11.1 Å². The van der Waals surface area contributed by atoms with Gasteiger partial charge in [-0.3, -0.25) is 25.0 Å². The van der Waals surface area contributed by atoms with Gasteiger partial charge in [0.15, 0.2) is 5.78 Å². The summed E-state index contributed by atoms with van der Waals surface area (Å²) in [4.78, 5) is 48.1. The molecule has 128 valence electrons. The van der Waals surface area contributed by atoms with Crippen LogP contribution in [-0.4, -0.2) is 27.3 Å². The third-order valence-corrected chi connectivity index (χ3v) is 3.28. The Morgan fingerprint density at radius 3 is 2.08 bits per heavy atom. The number of oxime groups is 1. The zero-order chi connectivity index (χ0) is 18.7. The summed E-state index contributed by atoms with van der Waals surface area (Å²) in [6.07, 6.45) is 2.74. The van der Waals surface area contributed by atoms with Gasteiger partial charge < -0.3 is 4.84 Å². The SMILES string of the molecule is CC1=C/C(=N/OC(=O)c2cc([N+](=O)[O-])cc([N+](=O)[O-])c2)C(C)=CC1=O. The summed E-state index contributed by atoms with van der Waals surface area (Å²) in [6, 6.07) is 2.43. The van der Waals surface area contributed by atoms with Crippen molar-refractivity contribution in [1.29, 1.82) is 0 Å². The molecule has 0 saturated heterocycles. The molecule has 0 N–H and O–H groups in total. The second kappa shape index (κ2) is 6.83. The van der Waals surface area contributed by atoms with E-state index in [4.69, 9.17) is 4.84 Å². The summed E-state index contributed by atoms with van der Waals surface area (Å²) in [5, 5.41) is 25.2. The van der Waals surface area contributed by atoms with Gasteiger partial charge in [-0.2, -0.15) is 0 Å². The molecule has 25 heavy (non-hydrogen) atoms. The molecular weight excluding hydrogens is 334 g/mol. The topological polar surface area (TPSA) is 142 Å². The molecule has 0 amide bonds. The van der Waals surface area contributed by atoms with E-state index in [1.54, 1.807) is 13.8 Å². The van der Waals surface area contributed by atoms with E-state index >= 15 is 0 Å². The molecule has 0 atom stereocenters. The number of allylic oxidation sites excluding steroid dienone is 4. The molecule has 10 nitrogen and oxygen atoms in total. The number of carbonyl (C=O) groups excluding carboxylic acids is 2. The molecule has 2 rings (SSSR count). The number of nitro groups is 2. The van der Waals surface area contributed by atoms with E-state index < -0.39 is 27.2 Å². The van der Waals surface area contributed by atoms with E-state index in [2.05, 4.69) is 5.16 Å². The number of carbonyl (C=O) groups is 2. The lowest BCUT2D eigenvalue weighted by Gasteiger charge is -2.08. The van der Waals surface area contributed by atoms with Gasteiger partial charge in [0.25, 0.3) is 11.4 Å². The molecule has 1 aliphatic rings. The fraction of sp³-hybridized carbons (Fsp3) is 0.133. The van der Waals surface area contributed by atoms with Crippen LogP contribution in [0.2, 0.25) is 0 Å². The lowest BCUT2D eigenvalue weighted by atomic mass is 9.99. The predicted molar refractivity (Wildman–Crippen MR) is 85.1 cm³/mol. The van der Waals surface area contributed by atoms with Crippen molar-refractivity contribution in [2.24, 2.45) is 5.16 Å². The van der Waals surface area contributed by atoms with Gasteiger partial charge >= 0.3 is 5.97 Å². The monoisotopic (exact) mass is 345 g/mol. The van der Waals surface area contributed by atoms with Crippen molar-refractivity contribution < 1.29 is 24.3 Å². The number of ketones is 1. The van der Waals surface area contributed by atoms with Gasteiger partial charge in [-0.1, -0.05) is 5.16 Å². The Kier molecular flexibility index (Phi) is 4.82. The van der Waals surface area contributed by atoms with Crippen LogP contribution in [-0.2, 0) is 9.63 Å². The smallest absolute Gasteiger partial charge is 0.312 e. The number of nitrogens with zero attached hydrogens (tertiary/aromatic N) is 3. The molecule has 0 spiro atoms. The highest BCUT2D eigenvalue weighted by molar-refractivity contribution is 6.21. The molecule has 1 aliphatic carbocycles. The third kappa shape index (κ3) is 3.99. The molecule has 0 unspecified atom stereocenters. The summed E-state index contributed by atoms with van der Waals surface area (Å²) in [6.45, 7) is 3.15. The van der Waals surface area contributed by atoms with Crippen molar-refractivity contribution in [3.8, 4) is 0 Å². The second-order valence-electron chi connectivity index (χ2n) is 5.13. The lowest BCUT2D eigenvalue weighted by molar-refractivity contribution is -0.394. The van der Waals surface area contributed by atoms with Crippen molar-refractivity contribution in [3.63, 3.8) is 0 Å². The first-order chi connectivity index (χ1) is 11.7. The van der Waals surface area contributed by atoms with Gasteiger partial charge in [0.2, 0.25) is 0 Å². The Morgan fingerprint density at radius 2 is 1.56 bits per heavy atom. The van der Waals surface area contributed by atoms with E-state index in [1.807, 2.05) is 0 Å². The molecule has 1 aromatic rings. The molecule has 1 aromatic carbocycles. The number of hydrogen-bond donors (Lipinski definition) is 0. The Bertz CT molecular complexity index is 864. The largest absolute Gasteiger partial charge is 0.366 e. The maximum atomic E-state index is 12.0. The quantitative estimate of drug-likeness (QED) is 0.353. The van der Waals surface area contributed by atoms with Crippen LogP contribution in [0.15, 0.2) is 46.7 Å². The van der Waals surface area contributed by atoms with E-state index in [1.165, 1.54) is 12.2 Å². The van der Waals surface area contributed by atoms with Gasteiger partial charge in [-0.25, -0.2) is 4.79 Å².